The Balaban J connectivity index is 1.97. The molecule has 108 valence electrons. The number of nitrogens with zero attached hydrogens (tertiary/aromatic N) is 2. The maximum atomic E-state index is 6.42. The monoisotopic (exact) mass is 283 g/mol. The Labute approximate surface area is 121 Å². The first kappa shape index (κ1) is 14.9. The van der Waals surface area contributed by atoms with E-state index in [0.717, 1.165) is 42.5 Å². The maximum absolute atomic E-state index is 6.42. The lowest BCUT2D eigenvalue weighted by molar-refractivity contribution is 0.123. The van der Waals surface area contributed by atoms with E-state index in [-0.39, 0.29) is 0 Å². The molecule has 1 aromatic heterocycles. The van der Waals surface area contributed by atoms with Gasteiger partial charge in [0.15, 0.2) is 0 Å². The second-order valence-electron chi connectivity index (χ2n) is 5.69. The normalized spacial score (nSPS) is 17.5. The van der Waals surface area contributed by atoms with E-state index in [1.54, 1.807) is 0 Å². The zero-order valence-corrected chi connectivity index (χ0v) is 13.2. The summed E-state index contributed by atoms with van der Waals surface area (Å²) in [5.41, 5.74) is 2.72. The van der Waals surface area contributed by atoms with Crippen LogP contribution in [0.4, 0.5) is 0 Å². The fourth-order valence-corrected chi connectivity index (χ4v) is 3.30. The Kier molecular flexibility index (Phi) is 4.91. The first-order valence-corrected chi connectivity index (χ1v) is 7.98. The molecule has 0 aromatic carbocycles. The third kappa shape index (κ3) is 2.97. The zero-order chi connectivity index (χ0) is 13.9. The number of rotatable bonds is 7. The Hall–Kier alpha value is -0.540. The van der Waals surface area contributed by atoms with Crippen LogP contribution in [0.15, 0.2) is 0 Å². The largest absolute Gasteiger partial charge is 0.311 e. The van der Waals surface area contributed by atoms with Crippen molar-refractivity contribution in [1.82, 2.24) is 15.1 Å². The molecular weight excluding hydrogens is 258 g/mol. The van der Waals surface area contributed by atoms with Gasteiger partial charge >= 0.3 is 0 Å². The molecule has 0 atom stereocenters. The van der Waals surface area contributed by atoms with Crippen LogP contribution in [0.5, 0.6) is 0 Å². The van der Waals surface area contributed by atoms with Gasteiger partial charge in [-0.1, -0.05) is 31.9 Å². The summed E-state index contributed by atoms with van der Waals surface area (Å²) in [6, 6.07) is 0. The highest BCUT2D eigenvalue weighted by atomic mass is 35.5. The Morgan fingerprint density at radius 2 is 2.05 bits per heavy atom. The third-order valence-electron chi connectivity index (χ3n) is 4.65. The van der Waals surface area contributed by atoms with E-state index in [1.165, 1.54) is 25.7 Å². The van der Waals surface area contributed by atoms with Crippen molar-refractivity contribution in [2.24, 2.45) is 5.41 Å². The molecule has 0 aliphatic heterocycles. The molecule has 1 aliphatic carbocycles. The summed E-state index contributed by atoms with van der Waals surface area (Å²) in [6.07, 6.45) is 6.32. The number of aryl methyl sites for hydroxylation is 2. The molecule has 2 rings (SSSR count). The standard InChI is InChI=1S/C15H26ClN3/c1-4-12-14(16)13(19(6-3)18-12)10-17-11-15(5-2)8-7-9-15/h17H,4-11H2,1-3H3. The molecule has 1 heterocycles. The molecule has 1 aromatic rings. The number of nitrogens with one attached hydrogen (secondary N) is 1. The molecule has 19 heavy (non-hydrogen) atoms. The van der Waals surface area contributed by atoms with E-state index in [0.29, 0.717) is 5.41 Å². The average molecular weight is 284 g/mol. The average Bonchev–Trinajstić information content (AvgIpc) is 2.69. The number of aromatic nitrogens is 2. The topological polar surface area (TPSA) is 29.9 Å². The van der Waals surface area contributed by atoms with Crippen molar-refractivity contribution < 1.29 is 0 Å². The maximum Gasteiger partial charge on any atom is 0.0863 e. The molecule has 0 bridgehead atoms. The van der Waals surface area contributed by atoms with Gasteiger partial charge in [-0.3, -0.25) is 4.68 Å². The molecule has 1 N–H and O–H groups in total. The Bertz CT molecular complexity index is 416. The fraction of sp³-hybridized carbons (Fsp3) is 0.800. The van der Waals surface area contributed by atoms with Crippen molar-refractivity contribution in [3.8, 4) is 0 Å². The molecule has 0 amide bonds. The molecule has 0 radical (unpaired) electrons. The van der Waals surface area contributed by atoms with Gasteiger partial charge in [-0.2, -0.15) is 5.10 Å². The summed E-state index contributed by atoms with van der Waals surface area (Å²) < 4.78 is 2.04. The quantitative estimate of drug-likeness (QED) is 0.825. The summed E-state index contributed by atoms with van der Waals surface area (Å²) >= 11 is 6.42. The van der Waals surface area contributed by atoms with E-state index >= 15 is 0 Å². The van der Waals surface area contributed by atoms with E-state index in [1.807, 2.05) is 4.68 Å². The summed E-state index contributed by atoms with van der Waals surface area (Å²) in [5, 5.41) is 9.02. The van der Waals surface area contributed by atoms with Crippen LogP contribution in [0.25, 0.3) is 0 Å². The van der Waals surface area contributed by atoms with E-state index in [9.17, 15) is 0 Å². The van der Waals surface area contributed by atoms with Crippen LogP contribution in [-0.2, 0) is 19.5 Å². The first-order chi connectivity index (χ1) is 9.15. The van der Waals surface area contributed by atoms with E-state index < -0.39 is 0 Å². The minimum absolute atomic E-state index is 0.553. The lowest BCUT2D eigenvalue weighted by atomic mass is 9.67. The van der Waals surface area contributed by atoms with Gasteiger partial charge in [-0.15, -0.1) is 0 Å². The lowest BCUT2D eigenvalue weighted by Crippen LogP contribution is -2.39. The van der Waals surface area contributed by atoms with Crippen molar-refractivity contribution in [1.29, 1.82) is 0 Å². The molecular formula is C15H26ClN3. The van der Waals surface area contributed by atoms with Crippen molar-refractivity contribution in [3.63, 3.8) is 0 Å². The predicted octanol–water partition coefficient (Wildman–Crippen LogP) is 3.79. The second-order valence-corrected chi connectivity index (χ2v) is 6.07. The highest BCUT2D eigenvalue weighted by molar-refractivity contribution is 6.31. The smallest absolute Gasteiger partial charge is 0.0863 e. The molecule has 1 saturated carbocycles. The molecule has 0 unspecified atom stereocenters. The minimum atomic E-state index is 0.553. The number of hydrogen-bond donors (Lipinski definition) is 1. The van der Waals surface area contributed by atoms with E-state index in [4.69, 9.17) is 11.6 Å². The molecule has 1 aliphatic rings. The Morgan fingerprint density at radius 1 is 1.32 bits per heavy atom. The minimum Gasteiger partial charge on any atom is -0.311 e. The summed E-state index contributed by atoms with van der Waals surface area (Å²) in [7, 11) is 0. The van der Waals surface area contributed by atoms with Gasteiger partial charge in [-0.25, -0.2) is 0 Å². The van der Waals surface area contributed by atoms with Gasteiger partial charge in [0.25, 0.3) is 0 Å². The van der Waals surface area contributed by atoms with Crippen LogP contribution >= 0.6 is 11.6 Å². The Morgan fingerprint density at radius 3 is 2.53 bits per heavy atom. The zero-order valence-electron chi connectivity index (χ0n) is 12.4. The van der Waals surface area contributed by atoms with Crippen LogP contribution in [0.2, 0.25) is 5.02 Å². The first-order valence-electron chi connectivity index (χ1n) is 7.60. The fourth-order valence-electron chi connectivity index (χ4n) is 2.96. The highest BCUT2D eigenvalue weighted by Crippen LogP contribution is 2.43. The van der Waals surface area contributed by atoms with Gasteiger partial charge in [0, 0.05) is 19.6 Å². The second kappa shape index (κ2) is 6.27. The van der Waals surface area contributed by atoms with Crippen LogP contribution < -0.4 is 5.32 Å². The van der Waals surface area contributed by atoms with Crippen LogP contribution in [0.1, 0.15) is 57.8 Å². The van der Waals surface area contributed by atoms with Gasteiger partial charge in [0.2, 0.25) is 0 Å². The van der Waals surface area contributed by atoms with Gasteiger partial charge in [-0.05, 0) is 38.0 Å². The van der Waals surface area contributed by atoms with Crippen molar-refractivity contribution in [2.45, 2.75) is 66.0 Å². The molecule has 3 nitrogen and oxygen atoms in total. The summed E-state index contributed by atoms with van der Waals surface area (Å²) in [4.78, 5) is 0. The molecule has 0 spiro atoms. The van der Waals surface area contributed by atoms with E-state index in [2.05, 4.69) is 31.2 Å². The van der Waals surface area contributed by atoms with Crippen molar-refractivity contribution in [3.05, 3.63) is 16.4 Å². The summed E-state index contributed by atoms with van der Waals surface area (Å²) in [5.74, 6) is 0. The predicted molar refractivity (Wildman–Crippen MR) is 80.6 cm³/mol. The molecule has 4 heteroatoms. The van der Waals surface area contributed by atoms with Crippen molar-refractivity contribution >= 4 is 11.6 Å². The van der Waals surface area contributed by atoms with Gasteiger partial charge < -0.3 is 5.32 Å². The number of halogens is 1. The van der Waals surface area contributed by atoms with Crippen molar-refractivity contribution in [2.75, 3.05) is 6.54 Å². The lowest BCUT2D eigenvalue weighted by Gasteiger charge is -2.41. The van der Waals surface area contributed by atoms with Crippen LogP contribution in [0, 0.1) is 5.41 Å². The molecule has 0 saturated heterocycles. The number of hydrogen-bond acceptors (Lipinski definition) is 2. The van der Waals surface area contributed by atoms with Crippen LogP contribution in [-0.4, -0.2) is 16.3 Å². The summed E-state index contributed by atoms with van der Waals surface area (Å²) in [6.45, 7) is 9.35. The molecule has 1 fully saturated rings. The van der Waals surface area contributed by atoms with Crippen LogP contribution in [0.3, 0.4) is 0 Å². The third-order valence-corrected chi connectivity index (χ3v) is 5.09. The highest BCUT2D eigenvalue weighted by Gasteiger charge is 2.34. The van der Waals surface area contributed by atoms with Gasteiger partial charge in [0.05, 0.1) is 16.4 Å². The van der Waals surface area contributed by atoms with Gasteiger partial charge in [0.1, 0.15) is 0 Å². The SMILES string of the molecule is CCc1nn(CC)c(CNCC2(CC)CCC2)c1Cl.